The van der Waals surface area contributed by atoms with Gasteiger partial charge in [-0.15, -0.1) is 0 Å². The molecule has 0 N–H and O–H groups in total. The maximum Gasteiger partial charge on any atom is 0.0705 e. The van der Waals surface area contributed by atoms with Crippen molar-refractivity contribution in [2.75, 3.05) is 0 Å². The first-order valence-corrected chi connectivity index (χ1v) is 4.86. The Balaban J connectivity index is 2.84. The van der Waals surface area contributed by atoms with Gasteiger partial charge in [0.15, 0.2) is 0 Å². The maximum atomic E-state index is 4.28. The van der Waals surface area contributed by atoms with Gasteiger partial charge in [0, 0.05) is 15.2 Å². The summed E-state index contributed by atoms with van der Waals surface area (Å²) in [5, 5.41) is 1.22. The highest BCUT2D eigenvalue weighted by Crippen LogP contribution is 2.18. The SMILES string of the molecule is Cc1cc2ncccc2cc1I. The summed E-state index contributed by atoms with van der Waals surface area (Å²) < 4.78 is 1.30. The fraction of sp³-hybridized carbons (Fsp3) is 0.100. The number of rotatable bonds is 0. The fourth-order valence-corrected chi connectivity index (χ4v) is 1.69. The Labute approximate surface area is 85.0 Å². The lowest BCUT2D eigenvalue weighted by atomic mass is 10.1. The lowest BCUT2D eigenvalue weighted by Gasteiger charge is -2.00. The zero-order valence-corrected chi connectivity index (χ0v) is 8.87. The quantitative estimate of drug-likeness (QED) is 0.669. The molecule has 0 aliphatic heterocycles. The minimum Gasteiger partial charge on any atom is -0.256 e. The molecule has 2 aromatic rings. The van der Waals surface area contributed by atoms with Crippen LogP contribution in [0.2, 0.25) is 0 Å². The third-order valence-corrected chi connectivity index (χ3v) is 3.05. The van der Waals surface area contributed by atoms with Crippen LogP contribution in [0.5, 0.6) is 0 Å². The molecule has 1 aromatic heterocycles. The van der Waals surface area contributed by atoms with Crippen molar-refractivity contribution in [2.24, 2.45) is 0 Å². The van der Waals surface area contributed by atoms with Crippen molar-refractivity contribution in [3.63, 3.8) is 0 Å². The molecule has 0 aliphatic carbocycles. The first-order valence-electron chi connectivity index (χ1n) is 3.78. The molecule has 0 fully saturated rings. The molecule has 0 saturated carbocycles. The van der Waals surface area contributed by atoms with Crippen LogP contribution >= 0.6 is 22.6 Å². The Morgan fingerprint density at radius 2 is 2.17 bits per heavy atom. The summed E-state index contributed by atoms with van der Waals surface area (Å²) >= 11 is 2.34. The predicted octanol–water partition coefficient (Wildman–Crippen LogP) is 3.15. The number of pyridine rings is 1. The summed E-state index contributed by atoms with van der Waals surface area (Å²) in [4.78, 5) is 4.28. The van der Waals surface area contributed by atoms with Gasteiger partial charge in [0.25, 0.3) is 0 Å². The van der Waals surface area contributed by atoms with Gasteiger partial charge in [0.2, 0.25) is 0 Å². The second-order valence-electron chi connectivity index (χ2n) is 2.80. The zero-order valence-electron chi connectivity index (χ0n) is 6.71. The van der Waals surface area contributed by atoms with Gasteiger partial charge in [0.05, 0.1) is 5.52 Å². The standard InChI is InChI=1S/C10H8IN/c1-7-5-10-8(6-9(7)11)3-2-4-12-10/h2-6H,1H3. The van der Waals surface area contributed by atoms with E-state index in [1.807, 2.05) is 12.3 Å². The minimum absolute atomic E-state index is 1.08. The highest BCUT2D eigenvalue weighted by molar-refractivity contribution is 14.1. The van der Waals surface area contributed by atoms with E-state index < -0.39 is 0 Å². The summed E-state index contributed by atoms with van der Waals surface area (Å²) in [5.74, 6) is 0. The van der Waals surface area contributed by atoms with Crippen LogP contribution in [-0.2, 0) is 0 Å². The van der Waals surface area contributed by atoms with Crippen molar-refractivity contribution < 1.29 is 0 Å². The number of halogens is 1. The molecule has 2 rings (SSSR count). The van der Waals surface area contributed by atoms with Gasteiger partial charge in [0.1, 0.15) is 0 Å². The Morgan fingerprint density at radius 1 is 1.33 bits per heavy atom. The van der Waals surface area contributed by atoms with Crippen LogP contribution < -0.4 is 0 Å². The summed E-state index contributed by atoms with van der Waals surface area (Å²) in [6.07, 6.45) is 1.83. The molecule has 0 aliphatic rings. The molecule has 0 radical (unpaired) electrons. The van der Waals surface area contributed by atoms with Crippen molar-refractivity contribution in [3.05, 3.63) is 39.6 Å². The molecule has 12 heavy (non-hydrogen) atoms. The number of benzene rings is 1. The predicted molar refractivity (Wildman–Crippen MR) is 59.2 cm³/mol. The van der Waals surface area contributed by atoms with Crippen LogP contribution in [-0.4, -0.2) is 4.98 Å². The topological polar surface area (TPSA) is 12.9 Å². The Morgan fingerprint density at radius 3 is 3.00 bits per heavy atom. The number of fused-ring (bicyclic) bond motifs is 1. The molecule has 0 saturated heterocycles. The number of hydrogen-bond donors (Lipinski definition) is 0. The van der Waals surface area contributed by atoms with Gasteiger partial charge in [-0.25, -0.2) is 0 Å². The van der Waals surface area contributed by atoms with E-state index in [2.05, 4.69) is 52.7 Å². The molecular formula is C10H8IN. The lowest BCUT2D eigenvalue weighted by Crippen LogP contribution is -1.83. The van der Waals surface area contributed by atoms with Gasteiger partial charge in [-0.3, -0.25) is 4.98 Å². The molecule has 1 aromatic carbocycles. The van der Waals surface area contributed by atoms with E-state index in [1.165, 1.54) is 14.5 Å². The second kappa shape index (κ2) is 3.01. The van der Waals surface area contributed by atoms with E-state index in [4.69, 9.17) is 0 Å². The van der Waals surface area contributed by atoms with Crippen LogP contribution in [0.15, 0.2) is 30.5 Å². The summed E-state index contributed by atoms with van der Waals surface area (Å²) in [7, 11) is 0. The molecule has 0 amide bonds. The van der Waals surface area contributed by atoms with Crippen molar-refractivity contribution >= 4 is 33.5 Å². The van der Waals surface area contributed by atoms with E-state index in [0.717, 1.165) is 5.52 Å². The van der Waals surface area contributed by atoms with Crippen LogP contribution in [0.3, 0.4) is 0 Å². The first-order chi connectivity index (χ1) is 5.77. The van der Waals surface area contributed by atoms with E-state index in [0.29, 0.717) is 0 Å². The third-order valence-electron chi connectivity index (χ3n) is 1.88. The molecular weight excluding hydrogens is 261 g/mol. The third kappa shape index (κ3) is 1.31. The summed E-state index contributed by atoms with van der Waals surface area (Å²) in [6, 6.07) is 8.34. The highest BCUT2D eigenvalue weighted by atomic mass is 127. The van der Waals surface area contributed by atoms with Gasteiger partial charge in [-0.1, -0.05) is 6.07 Å². The number of aryl methyl sites for hydroxylation is 1. The molecule has 60 valence electrons. The average molecular weight is 269 g/mol. The Bertz CT molecular complexity index is 383. The normalized spacial score (nSPS) is 10.5. The molecule has 1 heterocycles. The average Bonchev–Trinajstić information content (AvgIpc) is 2.07. The van der Waals surface area contributed by atoms with Crippen LogP contribution in [0.25, 0.3) is 10.9 Å². The van der Waals surface area contributed by atoms with Gasteiger partial charge < -0.3 is 0 Å². The van der Waals surface area contributed by atoms with Gasteiger partial charge >= 0.3 is 0 Å². The van der Waals surface area contributed by atoms with Crippen LogP contribution in [0, 0.1) is 10.5 Å². The second-order valence-corrected chi connectivity index (χ2v) is 3.96. The molecule has 0 atom stereocenters. The molecule has 1 nitrogen and oxygen atoms in total. The number of aromatic nitrogens is 1. The molecule has 0 bridgehead atoms. The van der Waals surface area contributed by atoms with E-state index in [9.17, 15) is 0 Å². The highest BCUT2D eigenvalue weighted by Gasteiger charge is 1.97. The van der Waals surface area contributed by atoms with Crippen molar-refractivity contribution in [2.45, 2.75) is 6.92 Å². The van der Waals surface area contributed by atoms with E-state index in [-0.39, 0.29) is 0 Å². The largest absolute Gasteiger partial charge is 0.256 e. The monoisotopic (exact) mass is 269 g/mol. The van der Waals surface area contributed by atoms with Crippen LogP contribution in [0.1, 0.15) is 5.56 Å². The first kappa shape index (κ1) is 7.98. The van der Waals surface area contributed by atoms with Crippen molar-refractivity contribution in [1.82, 2.24) is 4.98 Å². The van der Waals surface area contributed by atoms with E-state index in [1.54, 1.807) is 0 Å². The lowest BCUT2D eigenvalue weighted by molar-refractivity contribution is 1.37. The van der Waals surface area contributed by atoms with E-state index >= 15 is 0 Å². The summed E-state index contributed by atoms with van der Waals surface area (Å²) in [5.41, 5.74) is 2.37. The van der Waals surface area contributed by atoms with Crippen molar-refractivity contribution in [1.29, 1.82) is 0 Å². The maximum absolute atomic E-state index is 4.28. The summed E-state index contributed by atoms with van der Waals surface area (Å²) in [6.45, 7) is 2.11. The zero-order chi connectivity index (χ0) is 8.55. The van der Waals surface area contributed by atoms with Crippen molar-refractivity contribution in [3.8, 4) is 0 Å². The number of hydrogen-bond acceptors (Lipinski definition) is 1. The van der Waals surface area contributed by atoms with Crippen LogP contribution in [0.4, 0.5) is 0 Å². The smallest absolute Gasteiger partial charge is 0.0705 e. The van der Waals surface area contributed by atoms with Gasteiger partial charge in [-0.2, -0.15) is 0 Å². The Hall–Kier alpha value is -0.640. The van der Waals surface area contributed by atoms with Gasteiger partial charge in [-0.05, 0) is 53.3 Å². The molecule has 0 spiro atoms. The Kier molecular flexibility index (Phi) is 2.00. The fourth-order valence-electron chi connectivity index (χ4n) is 1.20. The minimum atomic E-state index is 1.08. The molecule has 0 unspecified atom stereocenters. The number of nitrogens with zero attached hydrogens (tertiary/aromatic N) is 1. The molecule has 2 heteroatoms.